The number of carbonyl (C=O) groups excluding carboxylic acids is 2. The molecular formula is C20H35N5O3. The van der Waals surface area contributed by atoms with E-state index in [-0.39, 0.29) is 11.9 Å². The van der Waals surface area contributed by atoms with Crippen LogP contribution in [-0.2, 0) is 11.8 Å². The van der Waals surface area contributed by atoms with Crippen molar-refractivity contribution in [2.45, 2.75) is 59.1 Å². The smallest absolute Gasteiger partial charge is 0.407 e. The Labute approximate surface area is 168 Å². The molecule has 2 rings (SSSR count). The quantitative estimate of drug-likeness (QED) is 0.768. The van der Waals surface area contributed by atoms with Crippen molar-refractivity contribution in [1.29, 1.82) is 0 Å². The average molecular weight is 394 g/mol. The summed E-state index contributed by atoms with van der Waals surface area (Å²) in [6.07, 6.45) is 1.96. The summed E-state index contributed by atoms with van der Waals surface area (Å²) in [5.41, 5.74) is 0.815. The lowest BCUT2D eigenvalue weighted by Crippen LogP contribution is -2.47. The van der Waals surface area contributed by atoms with Crippen molar-refractivity contribution in [1.82, 2.24) is 24.9 Å². The van der Waals surface area contributed by atoms with Gasteiger partial charge < -0.3 is 19.9 Å². The number of carbonyl (C=O) groups is 2. The molecule has 1 aliphatic rings. The molecule has 0 radical (unpaired) electrons. The summed E-state index contributed by atoms with van der Waals surface area (Å²) in [6.45, 7) is 13.3. The van der Waals surface area contributed by atoms with Crippen LogP contribution in [0.15, 0.2) is 6.07 Å². The van der Waals surface area contributed by atoms with E-state index in [0.29, 0.717) is 18.8 Å². The molecule has 1 aromatic heterocycles. The highest BCUT2D eigenvalue weighted by Crippen LogP contribution is 2.11. The van der Waals surface area contributed by atoms with E-state index in [1.165, 1.54) is 12.8 Å². The van der Waals surface area contributed by atoms with E-state index in [0.717, 1.165) is 25.3 Å². The second kappa shape index (κ2) is 9.41. The fourth-order valence-corrected chi connectivity index (χ4v) is 3.40. The highest BCUT2D eigenvalue weighted by molar-refractivity contribution is 5.92. The molecule has 2 amide bonds. The van der Waals surface area contributed by atoms with E-state index in [2.05, 4.69) is 15.3 Å². The van der Waals surface area contributed by atoms with E-state index in [9.17, 15) is 9.59 Å². The number of nitrogens with zero attached hydrogens (tertiary/aromatic N) is 4. The molecule has 1 atom stereocenters. The van der Waals surface area contributed by atoms with Gasteiger partial charge in [-0.15, -0.1) is 0 Å². The molecule has 2 heterocycles. The molecule has 0 unspecified atom stereocenters. The molecule has 158 valence electrons. The molecule has 1 N–H and O–H groups in total. The highest BCUT2D eigenvalue weighted by atomic mass is 16.6. The largest absolute Gasteiger partial charge is 0.444 e. The van der Waals surface area contributed by atoms with Gasteiger partial charge in [-0.3, -0.25) is 9.48 Å². The Morgan fingerprint density at radius 1 is 1.32 bits per heavy atom. The number of alkyl carbamates (subject to hydrolysis) is 1. The van der Waals surface area contributed by atoms with Crippen molar-refractivity contribution in [2.75, 3.05) is 32.7 Å². The first kappa shape index (κ1) is 22.2. The summed E-state index contributed by atoms with van der Waals surface area (Å²) in [6, 6.07) is 1.57. The van der Waals surface area contributed by atoms with Gasteiger partial charge in [0.15, 0.2) is 0 Å². The van der Waals surface area contributed by atoms with Crippen molar-refractivity contribution < 1.29 is 14.3 Å². The summed E-state index contributed by atoms with van der Waals surface area (Å²) < 4.78 is 6.94. The molecule has 0 aromatic carbocycles. The first-order chi connectivity index (χ1) is 13.0. The molecule has 8 nitrogen and oxygen atoms in total. The van der Waals surface area contributed by atoms with Crippen LogP contribution in [0.3, 0.4) is 0 Å². The zero-order valence-electron chi connectivity index (χ0n) is 18.1. The third kappa shape index (κ3) is 6.82. The lowest BCUT2D eigenvalue weighted by molar-refractivity contribution is 0.0482. The first-order valence-corrected chi connectivity index (χ1v) is 10.1. The van der Waals surface area contributed by atoms with Crippen molar-refractivity contribution >= 4 is 12.0 Å². The van der Waals surface area contributed by atoms with E-state index >= 15 is 0 Å². The highest BCUT2D eigenvalue weighted by Gasteiger charge is 2.24. The Morgan fingerprint density at radius 3 is 2.50 bits per heavy atom. The Morgan fingerprint density at radius 2 is 1.96 bits per heavy atom. The zero-order valence-corrected chi connectivity index (χ0v) is 18.1. The minimum absolute atomic E-state index is 0.0693. The minimum atomic E-state index is -0.554. The van der Waals surface area contributed by atoms with Crippen LogP contribution in [0.1, 0.15) is 56.7 Å². The Hall–Kier alpha value is -2.09. The number of hydrogen-bond donors (Lipinski definition) is 1. The average Bonchev–Trinajstić information content (AvgIpc) is 3.18. The maximum Gasteiger partial charge on any atom is 0.407 e. The van der Waals surface area contributed by atoms with Gasteiger partial charge in [0.25, 0.3) is 5.91 Å². The van der Waals surface area contributed by atoms with Crippen LogP contribution in [0, 0.1) is 6.92 Å². The topological polar surface area (TPSA) is 79.7 Å². The summed E-state index contributed by atoms with van der Waals surface area (Å²) >= 11 is 0. The normalized spacial score (nSPS) is 16.1. The number of rotatable bonds is 7. The SMILES string of the molecule is Cc1cc(C(=O)N(CCN2CCCC2)C[C@@H](C)NC(=O)OC(C)(C)C)n(C)n1. The molecule has 0 aliphatic carbocycles. The summed E-state index contributed by atoms with van der Waals surface area (Å²) in [5.74, 6) is -0.0693. The number of likely N-dealkylation sites (tertiary alicyclic amines) is 1. The van der Waals surface area contributed by atoms with Crippen LogP contribution in [0.2, 0.25) is 0 Å². The van der Waals surface area contributed by atoms with Crippen molar-refractivity contribution in [3.05, 3.63) is 17.5 Å². The molecule has 28 heavy (non-hydrogen) atoms. The van der Waals surface area contributed by atoms with Gasteiger partial charge in [-0.1, -0.05) is 0 Å². The Balaban J connectivity index is 2.03. The Bertz CT molecular complexity index is 674. The second-order valence-corrected chi connectivity index (χ2v) is 8.64. The van der Waals surface area contributed by atoms with Gasteiger partial charge >= 0.3 is 6.09 Å². The summed E-state index contributed by atoms with van der Waals surface area (Å²) in [7, 11) is 1.78. The lowest BCUT2D eigenvalue weighted by Gasteiger charge is -2.29. The third-order valence-electron chi connectivity index (χ3n) is 4.65. The molecule has 1 aliphatic heterocycles. The number of amides is 2. The van der Waals surface area contributed by atoms with Crippen LogP contribution in [0.4, 0.5) is 4.79 Å². The van der Waals surface area contributed by atoms with E-state index in [1.807, 2.05) is 34.6 Å². The van der Waals surface area contributed by atoms with Gasteiger partial charge in [0, 0.05) is 32.7 Å². The van der Waals surface area contributed by atoms with Gasteiger partial charge in [0.2, 0.25) is 0 Å². The molecule has 0 spiro atoms. The van der Waals surface area contributed by atoms with Gasteiger partial charge in [0.1, 0.15) is 11.3 Å². The van der Waals surface area contributed by atoms with Crippen LogP contribution >= 0.6 is 0 Å². The van der Waals surface area contributed by atoms with Gasteiger partial charge in [0.05, 0.1) is 5.69 Å². The zero-order chi connectivity index (χ0) is 20.9. The van der Waals surface area contributed by atoms with Crippen LogP contribution in [0.5, 0.6) is 0 Å². The maximum atomic E-state index is 13.1. The number of hydrogen-bond acceptors (Lipinski definition) is 5. The van der Waals surface area contributed by atoms with E-state index in [1.54, 1.807) is 22.7 Å². The molecule has 1 saturated heterocycles. The van der Waals surface area contributed by atoms with E-state index in [4.69, 9.17) is 4.74 Å². The molecule has 1 aromatic rings. The first-order valence-electron chi connectivity index (χ1n) is 10.1. The molecule has 0 saturated carbocycles. The van der Waals surface area contributed by atoms with Crippen molar-refractivity contribution in [3.63, 3.8) is 0 Å². The van der Waals surface area contributed by atoms with Crippen LogP contribution in [0.25, 0.3) is 0 Å². The predicted octanol–water partition coefficient (Wildman–Crippen LogP) is 2.18. The van der Waals surface area contributed by atoms with Crippen LogP contribution in [-0.4, -0.2) is 75.9 Å². The van der Waals surface area contributed by atoms with Gasteiger partial charge in [-0.2, -0.15) is 5.10 Å². The lowest BCUT2D eigenvalue weighted by atomic mass is 10.2. The van der Waals surface area contributed by atoms with Gasteiger partial charge in [-0.25, -0.2) is 4.79 Å². The molecule has 0 bridgehead atoms. The molecule has 8 heteroatoms. The number of aromatic nitrogens is 2. The Kier molecular flexibility index (Phi) is 7.46. The fraction of sp³-hybridized carbons (Fsp3) is 0.750. The van der Waals surface area contributed by atoms with E-state index < -0.39 is 11.7 Å². The maximum absolute atomic E-state index is 13.1. The second-order valence-electron chi connectivity index (χ2n) is 8.64. The monoisotopic (exact) mass is 393 g/mol. The van der Waals surface area contributed by atoms with Gasteiger partial charge in [-0.05, 0) is 66.6 Å². The summed E-state index contributed by atoms with van der Waals surface area (Å²) in [5, 5.41) is 7.12. The molecular weight excluding hydrogens is 358 g/mol. The number of nitrogens with one attached hydrogen (secondary N) is 1. The number of ether oxygens (including phenoxy) is 1. The third-order valence-corrected chi connectivity index (χ3v) is 4.65. The minimum Gasteiger partial charge on any atom is -0.444 e. The predicted molar refractivity (Wildman–Crippen MR) is 108 cm³/mol. The standard InChI is InChI=1S/C20H35N5O3/c1-15-13-17(23(6)22-15)18(26)25(12-11-24-9-7-8-10-24)14-16(2)21-19(27)28-20(3,4)5/h13,16H,7-12,14H2,1-6H3,(H,21,27)/t16-/m1/s1. The van der Waals surface area contributed by atoms with Crippen molar-refractivity contribution in [3.8, 4) is 0 Å². The fourth-order valence-electron chi connectivity index (χ4n) is 3.40. The van der Waals surface area contributed by atoms with Crippen molar-refractivity contribution in [2.24, 2.45) is 7.05 Å². The number of aryl methyl sites for hydroxylation is 2. The molecule has 1 fully saturated rings. The van der Waals surface area contributed by atoms with Crippen LogP contribution < -0.4 is 5.32 Å². The summed E-state index contributed by atoms with van der Waals surface area (Å²) in [4.78, 5) is 29.4.